The Hall–Kier alpha value is -0.330. The third-order valence-corrected chi connectivity index (χ3v) is 6.20. The van der Waals surface area contributed by atoms with Gasteiger partial charge < -0.3 is 33.2 Å². The molecule has 1 fully saturated rings. The fourth-order valence-corrected chi connectivity index (χ4v) is 4.10. The number of rotatable bonds is 5. The molecule has 0 spiro atoms. The van der Waals surface area contributed by atoms with E-state index in [9.17, 15) is 0 Å². The van der Waals surface area contributed by atoms with Crippen LogP contribution in [-0.2, 0) is 0 Å². The maximum Gasteiger partial charge on any atom is 0.137 e. The predicted octanol–water partition coefficient (Wildman–Crippen LogP) is 1.74. The Balaban J connectivity index is 0.00000312. The van der Waals surface area contributed by atoms with Crippen LogP contribution in [0.3, 0.4) is 0 Å². The number of piperidine rings is 1. The minimum absolute atomic E-state index is 0. The molecule has 1 heterocycles. The number of benzene rings is 1. The first kappa shape index (κ1) is 25.7. The molecular formula is C22H41IN2O. The topological polar surface area (TPSA) is 12.5 Å². The Morgan fingerprint density at radius 3 is 2.15 bits per heavy atom. The minimum atomic E-state index is 0. The summed E-state index contributed by atoms with van der Waals surface area (Å²) in [5.74, 6) is 0.985. The lowest BCUT2D eigenvalue weighted by atomic mass is 9.76. The second kappa shape index (κ2) is 9.24. The van der Waals surface area contributed by atoms with E-state index in [-0.39, 0.29) is 42.5 Å². The van der Waals surface area contributed by atoms with Gasteiger partial charge in [-0.15, -0.1) is 0 Å². The van der Waals surface area contributed by atoms with Crippen LogP contribution in [0.15, 0.2) is 24.3 Å². The number of halogens is 1. The average molecular weight is 476 g/mol. The molecule has 1 aromatic rings. The summed E-state index contributed by atoms with van der Waals surface area (Å²) in [4.78, 5) is 2.56. The summed E-state index contributed by atoms with van der Waals surface area (Å²) in [6.45, 7) is 13.4. The summed E-state index contributed by atoms with van der Waals surface area (Å²) in [6, 6.07) is 8.99. The Labute approximate surface area is 179 Å². The van der Waals surface area contributed by atoms with Crippen LogP contribution >= 0.6 is 0 Å². The highest BCUT2D eigenvalue weighted by Gasteiger charge is 2.48. The second-order valence-corrected chi connectivity index (χ2v) is 9.41. The third kappa shape index (κ3) is 6.10. The van der Waals surface area contributed by atoms with E-state index in [0.717, 1.165) is 23.4 Å². The number of likely N-dealkylation sites (N-methyl/N-ethyl adjacent to an activating group) is 1. The third-order valence-electron chi connectivity index (χ3n) is 6.20. The van der Waals surface area contributed by atoms with Crippen molar-refractivity contribution in [2.45, 2.75) is 72.0 Å². The van der Waals surface area contributed by atoms with Gasteiger partial charge in [0, 0.05) is 23.9 Å². The Kier molecular flexibility index (Phi) is 9.13. The number of likely N-dealkylation sites (tertiary alicyclic amines) is 1. The first-order valence-electron chi connectivity index (χ1n) is 9.20. The molecule has 3 nitrogen and oxygen atoms in total. The van der Waals surface area contributed by atoms with Gasteiger partial charge in [-0.25, -0.2) is 0 Å². The molecule has 0 amide bonds. The molecule has 2 rings (SSSR count). The van der Waals surface area contributed by atoms with E-state index in [4.69, 9.17) is 4.74 Å². The summed E-state index contributed by atoms with van der Waals surface area (Å²) in [5.41, 5.74) is 1.72. The van der Waals surface area contributed by atoms with Gasteiger partial charge in [-0.05, 0) is 59.4 Å². The molecule has 1 saturated heterocycles. The van der Waals surface area contributed by atoms with E-state index >= 15 is 0 Å². The van der Waals surface area contributed by atoms with Crippen LogP contribution in [0.4, 0.5) is 0 Å². The largest absolute Gasteiger partial charge is 1.00 e. The van der Waals surface area contributed by atoms with Crippen molar-refractivity contribution in [2.75, 3.05) is 34.3 Å². The number of hydrogen-bond acceptors (Lipinski definition) is 2. The monoisotopic (exact) mass is 476 g/mol. The number of quaternary nitrogens is 1. The SMILES string of the molecule is C.Cc1cccc(OCC[N+](C)(C)C2CC(C)(C)N(C)C(C)(C)C2)c1.[I-]. The molecule has 1 aromatic carbocycles. The molecule has 0 radical (unpaired) electrons. The number of hydrogen-bond donors (Lipinski definition) is 0. The van der Waals surface area contributed by atoms with E-state index in [1.807, 2.05) is 0 Å². The molecule has 0 atom stereocenters. The lowest BCUT2D eigenvalue weighted by molar-refractivity contribution is -0.918. The van der Waals surface area contributed by atoms with E-state index in [1.54, 1.807) is 0 Å². The van der Waals surface area contributed by atoms with Crippen LogP contribution in [0.2, 0.25) is 0 Å². The molecule has 0 saturated carbocycles. The molecule has 0 bridgehead atoms. The second-order valence-electron chi connectivity index (χ2n) is 9.41. The van der Waals surface area contributed by atoms with Gasteiger partial charge in [0.05, 0.1) is 20.1 Å². The van der Waals surface area contributed by atoms with Crippen molar-refractivity contribution in [2.24, 2.45) is 0 Å². The molecule has 26 heavy (non-hydrogen) atoms. The lowest BCUT2D eigenvalue weighted by Gasteiger charge is -2.56. The predicted molar refractivity (Wildman–Crippen MR) is 109 cm³/mol. The van der Waals surface area contributed by atoms with Crippen LogP contribution in [0.25, 0.3) is 0 Å². The zero-order chi connectivity index (χ0) is 18.2. The van der Waals surface area contributed by atoms with Gasteiger partial charge in [0.15, 0.2) is 0 Å². The molecule has 0 N–H and O–H groups in total. The first-order chi connectivity index (χ1) is 10.9. The zero-order valence-electron chi connectivity index (χ0n) is 17.4. The quantitative estimate of drug-likeness (QED) is 0.475. The Bertz CT molecular complexity index is 551. The van der Waals surface area contributed by atoms with Gasteiger partial charge >= 0.3 is 0 Å². The number of aryl methyl sites for hydroxylation is 1. The Morgan fingerprint density at radius 2 is 1.65 bits per heavy atom. The summed E-state index contributed by atoms with van der Waals surface area (Å²) in [6.07, 6.45) is 2.45. The van der Waals surface area contributed by atoms with Crippen LogP contribution in [-0.4, -0.2) is 60.8 Å². The molecule has 152 valence electrons. The van der Waals surface area contributed by atoms with Crippen molar-refractivity contribution in [3.8, 4) is 5.75 Å². The molecule has 4 heteroatoms. The van der Waals surface area contributed by atoms with Crippen LogP contribution in [0.1, 0.15) is 53.5 Å². The van der Waals surface area contributed by atoms with Crippen molar-refractivity contribution < 1.29 is 33.2 Å². The van der Waals surface area contributed by atoms with Gasteiger partial charge in [-0.2, -0.15) is 0 Å². The van der Waals surface area contributed by atoms with Gasteiger partial charge in [-0.3, -0.25) is 4.90 Å². The number of ether oxygens (including phenoxy) is 1. The first-order valence-corrected chi connectivity index (χ1v) is 9.20. The van der Waals surface area contributed by atoms with Crippen molar-refractivity contribution in [1.82, 2.24) is 4.90 Å². The maximum absolute atomic E-state index is 6.01. The van der Waals surface area contributed by atoms with Crippen molar-refractivity contribution >= 4 is 0 Å². The van der Waals surface area contributed by atoms with Crippen molar-refractivity contribution in [3.63, 3.8) is 0 Å². The van der Waals surface area contributed by atoms with E-state index < -0.39 is 0 Å². The van der Waals surface area contributed by atoms with E-state index in [1.165, 1.54) is 18.4 Å². The van der Waals surface area contributed by atoms with E-state index in [0.29, 0.717) is 6.04 Å². The van der Waals surface area contributed by atoms with Crippen molar-refractivity contribution in [3.05, 3.63) is 29.8 Å². The van der Waals surface area contributed by atoms with Crippen molar-refractivity contribution in [1.29, 1.82) is 0 Å². The lowest BCUT2D eigenvalue weighted by Crippen LogP contribution is -3.00. The fourth-order valence-electron chi connectivity index (χ4n) is 4.10. The fraction of sp³-hybridized carbons (Fsp3) is 0.727. The summed E-state index contributed by atoms with van der Waals surface area (Å²) in [7, 11) is 7.00. The van der Waals surface area contributed by atoms with Gasteiger partial charge in [0.25, 0.3) is 0 Å². The maximum atomic E-state index is 6.01. The standard InChI is InChI=1S/C21H37N2O.CH4.HI/c1-17-10-9-11-19(14-17)24-13-12-23(7,8)18-15-20(2,3)22(6)21(4,5)16-18;;/h9-11,14,18H,12-13,15-16H2,1-8H3;1H4;1H/q+1;;/p-1. The highest BCUT2D eigenvalue weighted by atomic mass is 127. The highest BCUT2D eigenvalue weighted by Crippen LogP contribution is 2.40. The van der Waals surface area contributed by atoms with Gasteiger partial charge in [0.1, 0.15) is 18.9 Å². The van der Waals surface area contributed by atoms with Gasteiger partial charge in [-0.1, -0.05) is 19.6 Å². The van der Waals surface area contributed by atoms with E-state index in [2.05, 4.69) is 84.9 Å². The molecule has 0 aromatic heterocycles. The molecule has 0 aliphatic carbocycles. The molecular weight excluding hydrogens is 435 g/mol. The van der Waals surface area contributed by atoms with Gasteiger partial charge in [0.2, 0.25) is 0 Å². The summed E-state index contributed by atoms with van der Waals surface area (Å²) in [5, 5.41) is 0. The van der Waals surface area contributed by atoms with Crippen LogP contribution in [0, 0.1) is 6.92 Å². The average Bonchev–Trinajstić information content (AvgIpc) is 2.44. The normalized spacial score (nSPS) is 20.0. The molecule has 1 aliphatic heterocycles. The van der Waals surface area contributed by atoms with Crippen LogP contribution < -0.4 is 28.7 Å². The smallest absolute Gasteiger partial charge is 0.137 e. The molecule has 0 unspecified atom stereocenters. The zero-order valence-corrected chi connectivity index (χ0v) is 19.6. The van der Waals surface area contributed by atoms with Crippen LogP contribution in [0.5, 0.6) is 5.75 Å². The summed E-state index contributed by atoms with van der Waals surface area (Å²) >= 11 is 0. The highest BCUT2D eigenvalue weighted by molar-refractivity contribution is 5.27. The Morgan fingerprint density at radius 1 is 1.12 bits per heavy atom. The molecule has 1 aliphatic rings. The number of nitrogens with zero attached hydrogens (tertiary/aromatic N) is 2. The summed E-state index contributed by atoms with van der Waals surface area (Å²) < 4.78 is 7.03. The minimum Gasteiger partial charge on any atom is -1.00 e.